The molecular weight excluding hydrogens is 306 g/mol. The predicted molar refractivity (Wildman–Crippen MR) is 82.8 cm³/mol. The number of carboxylic acid groups (broad SMARTS) is 1. The summed E-state index contributed by atoms with van der Waals surface area (Å²) in [6, 6.07) is 6.08. The van der Waals surface area contributed by atoms with Crippen LogP contribution in [0, 0.1) is 5.92 Å². The number of benzene rings is 1. The molecule has 1 aliphatic rings. The van der Waals surface area contributed by atoms with E-state index >= 15 is 0 Å². The Kier molecular flexibility index (Phi) is 5.08. The molecule has 0 aliphatic carbocycles. The molecule has 1 aromatic rings. The minimum absolute atomic E-state index is 0.133. The van der Waals surface area contributed by atoms with E-state index in [0.717, 1.165) is 0 Å². The van der Waals surface area contributed by atoms with Crippen LogP contribution in [0.5, 0.6) is 5.75 Å². The smallest absolute Gasteiger partial charge is 0.326 e. The molecule has 1 aliphatic heterocycles. The number of hydrogen-bond donors (Lipinski definition) is 1. The number of rotatable bonds is 6. The van der Waals surface area contributed by atoms with Gasteiger partial charge in [0.2, 0.25) is 0 Å². The molecule has 0 fully saturated rings. The van der Waals surface area contributed by atoms with Crippen molar-refractivity contribution in [2.75, 3.05) is 6.54 Å². The third-order valence-electron chi connectivity index (χ3n) is 3.33. The van der Waals surface area contributed by atoms with E-state index in [2.05, 4.69) is 0 Å². The van der Waals surface area contributed by atoms with Gasteiger partial charge in [0.05, 0.1) is 11.6 Å². The number of halogens is 1. The van der Waals surface area contributed by atoms with Gasteiger partial charge in [0, 0.05) is 6.08 Å². The highest BCUT2D eigenvalue weighted by molar-refractivity contribution is 6.32. The summed E-state index contributed by atoms with van der Waals surface area (Å²) in [5.74, 6) is -0.346. The second-order valence-electron chi connectivity index (χ2n) is 5.59. The van der Waals surface area contributed by atoms with Crippen molar-refractivity contribution in [1.29, 1.82) is 0 Å². The summed E-state index contributed by atoms with van der Waals surface area (Å²) < 4.78 is 5.62. The Hall–Kier alpha value is -2.01. The van der Waals surface area contributed by atoms with Gasteiger partial charge < -0.3 is 14.7 Å². The van der Waals surface area contributed by atoms with Crippen molar-refractivity contribution in [3.63, 3.8) is 0 Å². The summed E-state index contributed by atoms with van der Waals surface area (Å²) in [5.41, 5.74) is 0. The molecule has 22 heavy (non-hydrogen) atoms. The highest BCUT2D eigenvalue weighted by Crippen LogP contribution is 2.27. The van der Waals surface area contributed by atoms with Crippen LogP contribution in [0.2, 0.25) is 5.02 Å². The quantitative estimate of drug-likeness (QED) is 0.874. The molecular formula is C16H18ClNO4. The molecule has 1 N–H and O–H groups in total. The minimum Gasteiger partial charge on any atom is -0.480 e. The van der Waals surface area contributed by atoms with E-state index < -0.39 is 12.0 Å². The fraction of sp³-hybridized carbons (Fsp3) is 0.375. The fourth-order valence-electron chi connectivity index (χ4n) is 2.31. The van der Waals surface area contributed by atoms with Gasteiger partial charge in [-0.25, -0.2) is 4.79 Å². The summed E-state index contributed by atoms with van der Waals surface area (Å²) in [7, 11) is 0. The number of para-hydroxylation sites is 1. The molecule has 0 aromatic heterocycles. The van der Waals surface area contributed by atoms with E-state index in [9.17, 15) is 14.7 Å². The summed E-state index contributed by atoms with van der Waals surface area (Å²) in [6.45, 7) is 3.98. The van der Waals surface area contributed by atoms with Gasteiger partial charge in [0.25, 0.3) is 5.91 Å². The fourth-order valence-corrected chi connectivity index (χ4v) is 2.49. The Morgan fingerprint density at radius 1 is 1.41 bits per heavy atom. The molecule has 118 valence electrons. The van der Waals surface area contributed by atoms with Gasteiger partial charge in [-0.15, -0.1) is 0 Å². The Morgan fingerprint density at radius 2 is 2.09 bits per heavy atom. The van der Waals surface area contributed by atoms with Crippen molar-refractivity contribution in [2.45, 2.75) is 26.3 Å². The molecule has 2 rings (SSSR count). The average molecular weight is 324 g/mol. The molecule has 0 bridgehead atoms. The number of carboxylic acids is 1. The van der Waals surface area contributed by atoms with Gasteiger partial charge >= 0.3 is 5.97 Å². The molecule has 6 heteroatoms. The monoisotopic (exact) mass is 323 g/mol. The first-order chi connectivity index (χ1) is 10.4. The maximum absolute atomic E-state index is 12.1. The van der Waals surface area contributed by atoms with Gasteiger partial charge in [-0.1, -0.05) is 37.6 Å². The number of carbonyl (C=O) groups excluding carboxylic acids is 1. The van der Waals surface area contributed by atoms with Crippen LogP contribution in [-0.2, 0) is 9.59 Å². The van der Waals surface area contributed by atoms with Crippen LogP contribution in [0.1, 0.15) is 20.3 Å². The maximum Gasteiger partial charge on any atom is 0.326 e. The number of ether oxygens (including phenoxy) is 1. The number of carbonyl (C=O) groups is 2. The minimum atomic E-state index is -1.01. The van der Waals surface area contributed by atoms with E-state index in [0.29, 0.717) is 23.0 Å². The Bertz CT molecular complexity index is 612. The van der Waals surface area contributed by atoms with E-state index in [1.165, 1.54) is 11.0 Å². The van der Waals surface area contributed by atoms with Crippen LogP contribution in [0.4, 0.5) is 0 Å². The van der Waals surface area contributed by atoms with Crippen LogP contribution in [0.25, 0.3) is 0 Å². The van der Waals surface area contributed by atoms with Crippen LogP contribution in [0.15, 0.2) is 36.1 Å². The lowest BCUT2D eigenvalue weighted by atomic mass is 10.0. The zero-order valence-electron chi connectivity index (χ0n) is 12.5. The topological polar surface area (TPSA) is 66.8 Å². The Morgan fingerprint density at radius 3 is 2.68 bits per heavy atom. The summed E-state index contributed by atoms with van der Waals surface area (Å²) in [5, 5.41) is 9.78. The van der Waals surface area contributed by atoms with Crippen molar-refractivity contribution in [1.82, 2.24) is 4.90 Å². The lowest BCUT2D eigenvalue weighted by molar-refractivity contribution is -0.148. The maximum atomic E-state index is 12.1. The van der Waals surface area contributed by atoms with Crippen LogP contribution in [-0.4, -0.2) is 34.5 Å². The lowest BCUT2D eigenvalue weighted by Gasteiger charge is -2.25. The van der Waals surface area contributed by atoms with Crippen LogP contribution < -0.4 is 4.74 Å². The first-order valence-corrected chi connectivity index (χ1v) is 7.42. The SMILES string of the molecule is CC(C)C[C@@H](C(=O)O)N1CC(Oc2ccccc2Cl)=CC1=O. The third-order valence-corrected chi connectivity index (χ3v) is 3.64. The molecule has 1 atom stereocenters. The van der Waals surface area contributed by atoms with Crippen LogP contribution in [0.3, 0.4) is 0 Å². The molecule has 0 radical (unpaired) electrons. The van der Waals surface area contributed by atoms with E-state index in [4.69, 9.17) is 16.3 Å². The highest BCUT2D eigenvalue weighted by Gasteiger charge is 2.34. The second-order valence-corrected chi connectivity index (χ2v) is 6.00. The van der Waals surface area contributed by atoms with Crippen molar-refractivity contribution in [3.05, 3.63) is 41.1 Å². The zero-order valence-corrected chi connectivity index (χ0v) is 13.2. The number of nitrogens with zero attached hydrogens (tertiary/aromatic N) is 1. The molecule has 0 spiro atoms. The lowest BCUT2D eigenvalue weighted by Crippen LogP contribution is -2.43. The first kappa shape index (κ1) is 16.4. The van der Waals surface area contributed by atoms with E-state index in [1.807, 2.05) is 13.8 Å². The second kappa shape index (κ2) is 6.83. The van der Waals surface area contributed by atoms with Gasteiger partial charge in [-0.2, -0.15) is 0 Å². The summed E-state index contributed by atoms with van der Waals surface area (Å²) in [4.78, 5) is 24.8. The number of amides is 1. The molecule has 0 unspecified atom stereocenters. The third kappa shape index (κ3) is 3.80. The van der Waals surface area contributed by atoms with Crippen molar-refractivity contribution >= 4 is 23.5 Å². The Labute approximate surface area is 134 Å². The van der Waals surface area contributed by atoms with E-state index in [1.54, 1.807) is 24.3 Å². The van der Waals surface area contributed by atoms with Crippen molar-refractivity contribution < 1.29 is 19.4 Å². The number of aliphatic carboxylic acids is 1. The van der Waals surface area contributed by atoms with Crippen molar-refractivity contribution in [3.8, 4) is 5.75 Å². The average Bonchev–Trinajstić information content (AvgIpc) is 2.79. The van der Waals surface area contributed by atoms with E-state index in [-0.39, 0.29) is 18.4 Å². The van der Waals surface area contributed by atoms with Gasteiger partial charge in [0.15, 0.2) is 0 Å². The Balaban J connectivity index is 2.10. The normalized spacial score (nSPS) is 15.9. The summed E-state index contributed by atoms with van der Waals surface area (Å²) in [6.07, 6.45) is 1.72. The predicted octanol–water partition coefficient (Wildman–Crippen LogP) is 2.94. The molecule has 1 heterocycles. The van der Waals surface area contributed by atoms with Gasteiger partial charge in [-0.3, -0.25) is 4.79 Å². The van der Waals surface area contributed by atoms with Gasteiger partial charge in [-0.05, 0) is 24.5 Å². The highest BCUT2D eigenvalue weighted by atomic mass is 35.5. The molecule has 0 saturated carbocycles. The standard InChI is InChI=1S/C16H18ClNO4/c1-10(2)7-13(16(20)21)18-9-11(8-15(18)19)22-14-6-4-3-5-12(14)17/h3-6,8,10,13H,7,9H2,1-2H3,(H,20,21)/t13-/m0/s1. The molecule has 1 aromatic carbocycles. The molecule has 0 saturated heterocycles. The van der Waals surface area contributed by atoms with Crippen LogP contribution >= 0.6 is 11.6 Å². The zero-order chi connectivity index (χ0) is 16.3. The molecule has 1 amide bonds. The number of hydrogen-bond acceptors (Lipinski definition) is 3. The molecule has 5 nitrogen and oxygen atoms in total. The largest absolute Gasteiger partial charge is 0.480 e. The summed E-state index contributed by atoms with van der Waals surface area (Å²) >= 11 is 6.01. The van der Waals surface area contributed by atoms with Crippen molar-refractivity contribution in [2.24, 2.45) is 5.92 Å². The van der Waals surface area contributed by atoms with Gasteiger partial charge in [0.1, 0.15) is 17.6 Å². The first-order valence-electron chi connectivity index (χ1n) is 7.05.